The van der Waals surface area contributed by atoms with Crippen molar-refractivity contribution in [3.63, 3.8) is 0 Å². The smallest absolute Gasteiger partial charge is 0.261 e. The van der Waals surface area contributed by atoms with Crippen LogP contribution in [0.15, 0.2) is 84.9 Å². The molecule has 1 heterocycles. The number of amides is 1. The van der Waals surface area contributed by atoms with Gasteiger partial charge in [0, 0.05) is 6.61 Å². The Balaban J connectivity index is 1.32. The first-order chi connectivity index (χ1) is 18.3. The van der Waals surface area contributed by atoms with E-state index in [2.05, 4.69) is 69.3 Å². The Morgan fingerprint density at radius 1 is 0.947 bits per heavy atom. The summed E-state index contributed by atoms with van der Waals surface area (Å²) in [6, 6.07) is 28.6. The number of methoxy groups -OCH3 is 1. The third-order valence-electron chi connectivity index (χ3n) is 7.32. The van der Waals surface area contributed by atoms with E-state index in [1.165, 1.54) is 15.4 Å². The van der Waals surface area contributed by atoms with Gasteiger partial charge in [-0.2, -0.15) is 0 Å². The van der Waals surface area contributed by atoms with Crippen LogP contribution in [-0.4, -0.2) is 50.8 Å². The normalized spacial score (nSPS) is 16.7. The van der Waals surface area contributed by atoms with Gasteiger partial charge in [0.05, 0.1) is 25.7 Å². The zero-order chi connectivity index (χ0) is 27.2. The van der Waals surface area contributed by atoms with E-state index in [4.69, 9.17) is 14.0 Å². The maximum Gasteiger partial charge on any atom is 0.261 e. The summed E-state index contributed by atoms with van der Waals surface area (Å²) < 4.78 is 12.1. The maximum atomic E-state index is 12.6. The van der Waals surface area contributed by atoms with E-state index >= 15 is 0 Å². The molecule has 1 aliphatic rings. The van der Waals surface area contributed by atoms with Gasteiger partial charge >= 0.3 is 0 Å². The number of aliphatic hydroxyl groups is 1. The molecular weight excluding hydrogens is 494 g/mol. The van der Waals surface area contributed by atoms with Gasteiger partial charge in [0.1, 0.15) is 12.4 Å². The third-order valence-corrected chi connectivity index (χ3v) is 12.4. The SMILES string of the molecule is COc1ccc(CON2C[C@H]([C@H](O)CCCO[Si](c3ccccc3)(c3ccccc3)C(C)(C)C)C2=O)cc1. The number of β-lactam (4-membered cyclic amide) rings is 1. The van der Waals surface area contributed by atoms with Crippen LogP contribution in [0.4, 0.5) is 0 Å². The van der Waals surface area contributed by atoms with Gasteiger partial charge in [-0.05, 0) is 45.9 Å². The Morgan fingerprint density at radius 2 is 1.53 bits per heavy atom. The lowest BCUT2D eigenvalue weighted by Crippen LogP contribution is -2.66. The molecule has 0 spiro atoms. The number of hydrogen-bond acceptors (Lipinski definition) is 5. The van der Waals surface area contributed by atoms with Crippen LogP contribution in [0.5, 0.6) is 5.75 Å². The fourth-order valence-corrected chi connectivity index (χ4v) is 9.78. The second-order valence-corrected chi connectivity index (χ2v) is 15.2. The molecule has 1 aliphatic heterocycles. The zero-order valence-electron chi connectivity index (χ0n) is 22.8. The van der Waals surface area contributed by atoms with E-state index in [1.54, 1.807) is 7.11 Å². The van der Waals surface area contributed by atoms with Crippen LogP contribution in [0.3, 0.4) is 0 Å². The number of nitrogens with zero attached hydrogens (tertiary/aromatic N) is 1. The number of benzene rings is 3. The minimum Gasteiger partial charge on any atom is -0.497 e. The zero-order valence-corrected chi connectivity index (χ0v) is 23.8. The van der Waals surface area contributed by atoms with Gasteiger partial charge in [0.15, 0.2) is 0 Å². The number of hydroxylamine groups is 2. The molecule has 0 bridgehead atoms. The van der Waals surface area contributed by atoms with Crippen LogP contribution in [0.2, 0.25) is 5.04 Å². The van der Waals surface area contributed by atoms with Crippen LogP contribution >= 0.6 is 0 Å². The Kier molecular flexibility index (Phi) is 9.05. The van der Waals surface area contributed by atoms with Crippen LogP contribution in [0.1, 0.15) is 39.2 Å². The van der Waals surface area contributed by atoms with E-state index in [-0.39, 0.29) is 10.9 Å². The predicted molar refractivity (Wildman–Crippen MR) is 152 cm³/mol. The molecule has 7 heteroatoms. The highest BCUT2D eigenvalue weighted by atomic mass is 28.4. The number of ether oxygens (including phenoxy) is 1. The van der Waals surface area contributed by atoms with E-state index < -0.39 is 20.3 Å². The molecule has 0 unspecified atom stereocenters. The van der Waals surface area contributed by atoms with Crippen molar-refractivity contribution in [2.75, 3.05) is 20.3 Å². The van der Waals surface area contributed by atoms with Crippen molar-refractivity contribution in [2.45, 2.75) is 51.4 Å². The van der Waals surface area contributed by atoms with E-state index in [1.807, 2.05) is 36.4 Å². The molecule has 0 aliphatic carbocycles. The Bertz CT molecular complexity index is 1120. The fraction of sp³-hybridized carbons (Fsp3) is 0.387. The molecule has 202 valence electrons. The van der Waals surface area contributed by atoms with E-state index in [9.17, 15) is 9.90 Å². The van der Waals surface area contributed by atoms with Gasteiger partial charge < -0.3 is 14.3 Å². The molecule has 0 aromatic heterocycles. The summed E-state index contributed by atoms with van der Waals surface area (Å²) in [7, 11) is -0.979. The summed E-state index contributed by atoms with van der Waals surface area (Å²) in [5.41, 5.74) is 0.947. The summed E-state index contributed by atoms with van der Waals surface area (Å²) in [5.74, 6) is 0.175. The van der Waals surface area contributed by atoms with Crippen molar-refractivity contribution in [2.24, 2.45) is 5.92 Å². The molecule has 38 heavy (non-hydrogen) atoms. The topological polar surface area (TPSA) is 68.2 Å². The molecule has 1 fully saturated rings. The molecule has 3 aromatic rings. The summed E-state index contributed by atoms with van der Waals surface area (Å²) in [4.78, 5) is 18.3. The summed E-state index contributed by atoms with van der Waals surface area (Å²) in [6.07, 6.45) is 0.453. The molecule has 1 N–H and O–H groups in total. The highest BCUT2D eigenvalue weighted by Crippen LogP contribution is 2.37. The van der Waals surface area contributed by atoms with Gasteiger partial charge in [-0.25, -0.2) is 5.06 Å². The number of carbonyl (C=O) groups excluding carboxylic acids is 1. The van der Waals surface area contributed by atoms with Gasteiger partial charge in [-0.15, -0.1) is 0 Å². The number of rotatable bonds is 12. The predicted octanol–water partition coefficient (Wildman–Crippen LogP) is 4.30. The van der Waals surface area contributed by atoms with Crippen molar-refractivity contribution < 1.29 is 23.9 Å². The molecule has 6 nitrogen and oxygen atoms in total. The lowest BCUT2D eigenvalue weighted by Gasteiger charge is -2.43. The van der Waals surface area contributed by atoms with Crippen molar-refractivity contribution in [1.29, 1.82) is 0 Å². The van der Waals surface area contributed by atoms with Gasteiger partial charge in [-0.3, -0.25) is 9.63 Å². The van der Waals surface area contributed by atoms with Gasteiger partial charge in [0.2, 0.25) is 0 Å². The van der Waals surface area contributed by atoms with E-state index in [0.717, 1.165) is 11.3 Å². The first-order valence-electron chi connectivity index (χ1n) is 13.3. The minimum absolute atomic E-state index is 0.0972. The second-order valence-electron chi connectivity index (χ2n) is 10.8. The van der Waals surface area contributed by atoms with Crippen molar-refractivity contribution in [3.8, 4) is 5.75 Å². The first kappa shape index (κ1) is 28.0. The summed E-state index contributed by atoms with van der Waals surface area (Å²) >= 11 is 0. The van der Waals surface area contributed by atoms with Crippen molar-refractivity contribution in [1.82, 2.24) is 5.06 Å². The molecule has 0 radical (unpaired) electrons. The quantitative estimate of drug-likeness (QED) is 0.214. The van der Waals surface area contributed by atoms with E-state index in [0.29, 0.717) is 32.6 Å². The monoisotopic (exact) mass is 533 g/mol. The minimum atomic E-state index is -2.60. The number of carbonyl (C=O) groups is 1. The van der Waals surface area contributed by atoms with Crippen LogP contribution < -0.4 is 15.1 Å². The van der Waals surface area contributed by atoms with Crippen LogP contribution in [0, 0.1) is 5.92 Å². The highest BCUT2D eigenvalue weighted by Gasteiger charge is 2.50. The summed E-state index contributed by atoms with van der Waals surface area (Å²) in [5, 5.41) is 14.5. The van der Waals surface area contributed by atoms with Crippen molar-refractivity contribution in [3.05, 3.63) is 90.5 Å². The molecule has 2 atom stereocenters. The second kappa shape index (κ2) is 12.3. The molecular formula is C31H39NO5Si. The fourth-order valence-electron chi connectivity index (χ4n) is 5.18. The molecule has 1 saturated heterocycles. The van der Waals surface area contributed by atoms with Crippen molar-refractivity contribution >= 4 is 24.6 Å². The number of hydrogen-bond donors (Lipinski definition) is 1. The third kappa shape index (κ3) is 6.02. The summed E-state index contributed by atoms with van der Waals surface area (Å²) in [6.45, 7) is 7.96. The number of aliphatic hydroxyl groups excluding tert-OH is 1. The Labute approximate surface area is 227 Å². The highest BCUT2D eigenvalue weighted by molar-refractivity contribution is 6.99. The Hall–Kier alpha value is -2.97. The Morgan fingerprint density at radius 3 is 2.03 bits per heavy atom. The van der Waals surface area contributed by atoms with Gasteiger partial charge in [-0.1, -0.05) is 93.6 Å². The lowest BCUT2D eigenvalue weighted by molar-refractivity contribution is -0.233. The van der Waals surface area contributed by atoms with Crippen LogP contribution in [-0.2, 0) is 20.7 Å². The maximum absolute atomic E-state index is 12.6. The molecule has 1 amide bonds. The molecule has 3 aromatic carbocycles. The average Bonchev–Trinajstić information content (AvgIpc) is 2.93. The van der Waals surface area contributed by atoms with Crippen LogP contribution in [0.25, 0.3) is 0 Å². The lowest BCUT2D eigenvalue weighted by atomic mass is 9.92. The standard InChI is InChI=1S/C31H39NO5Si/c1-31(2,3)38(26-12-7-5-8-13-26,27-14-9-6-10-15-27)37-21-11-16-29(33)28-22-32(30(28)34)36-23-24-17-19-25(35-4)20-18-24/h5-10,12-15,17-20,28-29,33H,11,16,21-23H2,1-4H3/t28-,29-/m1/s1. The van der Waals surface area contributed by atoms with Gasteiger partial charge in [0.25, 0.3) is 14.2 Å². The average molecular weight is 534 g/mol. The molecule has 4 rings (SSSR count). The molecule has 0 saturated carbocycles. The first-order valence-corrected chi connectivity index (χ1v) is 15.2. The largest absolute Gasteiger partial charge is 0.497 e.